The normalized spacial score (nSPS) is 22.0. The second-order valence-corrected chi connectivity index (χ2v) is 14.4. The van der Waals surface area contributed by atoms with Crippen molar-refractivity contribution in [1.29, 1.82) is 0 Å². The summed E-state index contributed by atoms with van der Waals surface area (Å²) in [4.78, 5) is 49.8. The summed E-state index contributed by atoms with van der Waals surface area (Å²) in [5.41, 5.74) is 0.300. The molecule has 3 atom stereocenters. The molecule has 0 unspecified atom stereocenters. The van der Waals surface area contributed by atoms with Gasteiger partial charge in [0.05, 0.1) is 19.6 Å². The number of pyridine rings is 1. The van der Waals surface area contributed by atoms with E-state index in [4.69, 9.17) is 19.2 Å². The Kier molecular flexibility index (Phi) is 11.7. The number of rotatable bonds is 12. The summed E-state index contributed by atoms with van der Waals surface area (Å²) in [7, 11) is 1.64. The van der Waals surface area contributed by atoms with Gasteiger partial charge in [0, 0.05) is 55.9 Å². The molecule has 9 nitrogen and oxygen atoms in total. The average Bonchev–Trinajstić information content (AvgIpc) is 3.83. The largest absolute Gasteiger partial charge is 0.496 e. The molecule has 2 saturated carbocycles. The molecule has 3 aliphatic rings. The summed E-state index contributed by atoms with van der Waals surface area (Å²) < 4.78 is 17.3. The Morgan fingerprint density at radius 1 is 1.05 bits per heavy atom. The fourth-order valence-electron chi connectivity index (χ4n) is 6.84. The van der Waals surface area contributed by atoms with Crippen LogP contribution in [0.1, 0.15) is 111 Å². The number of amides is 2. The van der Waals surface area contributed by atoms with Gasteiger partial charge in [-0.25, -0.2) is 9.78 Å². The van der Waals surface area contributed by atoms with Gasteiger partial charge in [-0.15, -0.1) is 0 Å². The first kappa shape index (κ1) is 34.2. The first-order valence-electron chi connectivity index (χ1n) is 16.9. The van der Waals surface area contributed by atoms with Crippen LogP contribution >= 0.6 is 0 Å². The number of Topliss-reactive ketones (excluding diaryl/α,β-unsaturated/α-hetero) is 1. The van der Waals surface area contributed by atoms with Crippen LogP contribution in [-0.4, -0.2) is 72.7 Å². The third-order valence-electron chi connectivity index (χ3n) is 9.34. The van der Waals surface area contributed by atoms with Crippen molar-refractivity contribution in [2.24, 2.45) is 23.7 Å². The summed E-state index contributed by atoms with van der Waals surface area (Å²) >= 11 is 0. The molecule has 0 radical (unpaired) electrons. The van der Waals surface area contributed by atoms with Crippen molar-refractivity contribution in [2.75, 3.05) is 38.3 Å². The van der Waals surface area contributed by atoms with E-state index in [9.17, 15) is 14.4 Å². The molecule has 246 valence electrons. The molecule has 0 N–H and O–H groups in total. The summed E-state index contributed by atoms with van der Waals surface area (Å²) in [5, 5.41) is 0. The Hall–Kier alpha value is -2.68. The fraction of sp³-hybridized carbons (Fsp3) is 0.771. The lowest BCUT2D eigenvalue weighted by Crippen LogP contribution is -2.52. The van der Waals surface area contributed by atoms with E-state index in [0.717, 1.165) is 31.2 Å². The van der Waals surface area contributed by atoms with Gasteiger partial charge in [-0.05, 0) is 64.7 Å². The number of anilines is 1. The number of ketones is 1. The monoisotopic (exact) mass is 613 g/mol. The minimum atomic E-state index is -0.685. The van der Waals surface area contributed by atoms with Crippen LogP contribution in [0.15, 0.2) is 12.3 Å². The number of piperidine rings is 1. The number of likely N-dealkylation sites (tertiary alicyclic amines) is 1. The van der Waals surface area contributed by atoms with Crippen molar-refractivity contribution in [2.45, 2.75) is 117 Å². The number of carbonyl (C=O) groups is 3. The van der Waals surface area contributed by atoms with Crippen molar-refractivity contribution in [1.82, 2.24) is 9.88 Å². The smallest absolute Gasteiger partial charge is 0.410 e. The third-order valence-corrected chi connectivity index (χ3v) is 9.34. The lowest BCUT2D eigenvalue weighted by molar-refractivity contribution is -0.130. The highest BCUT2D eigenvalue weighted by molar-refractivity contribution is 5.96. The van der Waals surface area contributed by atoms with Gasteiger partial charge in [0.15, 0.2) is 0 Å². The van der Waals surface area contributed by atoms with Crippen molar-refractivity contribution in [3.63, 3.8) is 0 Å². The SMILES string of the molecule is CCOC[C@@H](CC(=O)[C@H]1C[C@@H](C(=O)N(c2cc(OC)c(C(C)C)cn2)C2CC2)CN(C(=O)OC(C)(C)C)C1)C1CCCCC1. The number of ether oxygens (including phenoxy) is 3. The van der Waals surface area contributed by atoms with Crippen molar-refractivity contribution < 1.29 is 28.6 Å². The number of nitrogens with zero attached hydrogens (tertiary/aromatic N) is 3. The summed E-state index contributed by atoms with van der Waals surface area (Å²) in [6.07, 6.45) is 9.83. The van der Waals surface area contributed by atoms with Gasteiger partial charge in [-0.1, -0.05) is 46.0 Å². The zero-order chi connectivity index (χ0) is 32.0. The van der Waals surface area contributed by atoms with Crippen molar-refractivity contribution in [3.8, 4) is 5.75 Å². The Morgan fingerprint density at radius 2 is 1.73 bits per heavy atom. The molecular weight excluding hydrogens is 558 g/mol. The van der Waals surface area contributed by atoms with Crippen LogP contribution in [0.3, 0.4) is 0 Å². The Bertz CT molecular complexity index is 1140. The lowest BCUT2D eigenvalue weighted by Gasteiger charge is -2.39. The molecule has 1 aliphatic heterocycles. The van der Waals surface area contributed by atoms with Gasteiger partial charge in [-0.2, -0.15) is 0 Å². The van der Waals surface area contributed by atoms with Crippen LogP contribution in [0, 0.1) is 23.7 Å². The number of methoxy groups -OCH3 is 1. The Labute approximate surface area is 264 Å². The highest BCUT2D eigenvalue weighted by atomic mass is 16.6. The van der Waals surface area contributed by atoms with Crippen LogP contribution < -0.4 is 9.64 Å². The number of carbonyl (C=O) groups excluding carboxylic acids is 3. The molecule has 0 bridgehead atoms. The highest BCUT2D eigenvalue weighted by Gasteiger charge is 2.44. The van der Waals surface area contributed by atoms with E-state index in [0.29, 0.717) is 43.5 Å². The molecule has 1 aromatic rings. The molecule has 0 spiro atoms. The molecule has 2 aliphatic carbocycles. The minimum absolute atomic E-state index is 0.0533. The van der Waals surface area contributed by atoms with Crippen LogP contribution in [-0.2, 0) is 19.1 Å². The number of hydrogen-bond donors (Lipinski definition) is 0. The van der Waals surface area contributed by atoms with Crippen LogP contribution in [0.25, 0.3) is 0 Å². The second kappa shape index (κ2) is 15.1. The zero-order valence-electron chi connectivity index (χ0n) is 28.1. The predicted octanol–water partition coefficient (Wildman–Crippen LogP) is 6.77. The maximum atomic E-state index is 14.4. The van der Waals surface area contributed by atoms with E-state index < -0.39 is 23.5 Å². The van der Waals surface area contributed by atoms with Crippen molar-refractivity contribution >= 4 is 23.6 Å². The van der Waals surface area contributed by atoms with Crippen LogP contribution in [0.5, 0.6) is 5.75 Å². The number of aromatic nitrogens is 1. The maximum absolute atomic E-state index is 14.4. The second-order valence-electron chi connectivity index (χ2n) is 14.4. The quantitative estimate of drug-likeness (QED) is 0.256. The first-order chi connectivity index (χ1) is 20.9. The third kappa shape index (κ3) is 8.95. The summed E-state index contributed by atoms with van der Waals surface area (Å²) in [6, 6.07) is 1.91. The number of hydrogen-bond acceptors (Lipinski definition) is 7. The Balaban J connectivity index is 1.59. The molecule has 1 saturated heterocycles. The fourth-order valence-corrected chi connectivity index (χ4v) is 6.84. The molecule has 0 aromatic carbocycles. The molecule has 1 aromatic heterocycles. The highest BCUT2D eigenvalue weighted by Crippen LogP contribution is 2.38. The summed E-state index contributed by atoms with van der Waals surface area (Å²) in [5.74, 6) is 1.17. The van der Waals surface area contributed by atoms with Gasteiger partial charge < -0.3 is 19.1 Å². The van der Waals surface area contributed by atoms with E-state index >= 15 is 0 Å². The van der Waals surface area contributed by atoms with E-state index in [1.165, 1.54) is 19.3 Å². The van der Waals surface area contributed by atoms with Gasteiger partial charge >= 0.3 is 6.09 Å². The van der Waals surface area contributed by atoms with Gasteiger partial charge in [0.1, 0.15) is 23.0 Å². The molecular formula is C35H55N3O6. The van der Waals surface area contributed by atoms with Crippen molar-refractivity contribution in [3.05, 3.63) is 17.8 Å². The summed E-state index contributed by atoms with van der Waals surface area (Å²) in [6.45, 7) is 13.3. The topological polar surface area (TPSA) is 98.3 Å². The van der Waals surface area contributed by atoms with E-state index in [-0.39, 0.29) is 42.7 Å². The van der Waals surface area contributed by atoms with Gasteiger partial charge in [0.2, 0.25) is 5.91 Å². The molecule has 2 amide bonds. The average molecular weight is 614 g/mol. The zero-order valence-corrected chi connectivity index (χ0v) is 28.1. The molecule has 3 fully saturated rings. The van der Waals surface area contributed by atoms with E-state index in [1.54, 1.807) is 23.1 Å². The molecule has 9 heteroatoms. The van der Waals surface area contributed by atoms with Gasteiger partial charge in [-0.3, -0.25) is 14.5 Å². The standard InChI is InChI=1S/C35H55N3O6/c1-8-43-22-27(24-12-10-9-11-13-24)17-30(39)25-16-26(21-37(20-25)34(41)44-35(4,5)6)33(40)38(28-14-15-28)32-18-31(42-7)29(19-36-32)23(2)3/h18-19,23-28H,8-17,20-22H2,1-7H3/t25-,26+,27+/m0/s1. The van der Waals surface area contributed by atoms with E-state index in [1.807, 2.05) is 33.8 Å². The Morgan fingerprint density at radius 3 is 2.32 bits per heavy atom. The van der Waals surface area contributed by atoms with Crippen LogP contribution in [0.4, 0.5) is 10.6 Å². The maximum Gasteiger partial charge on any atom is 0.410 e. The molecule has 2 heterocycles. The van der Waals surface area contributed by atoms with Crippen LogP contribution in [0.2, 0.25) is 0 Å². The minimum Gasteiger partial charge on any atom is -0.496 e. The molecule has 4 rings (SSSR count). The predicted molar refractivity (Wildman–Crippen MR) is 171 cm³/mol. The molecule has 44 heavy (non-hydrogen) atoms. The van der Waals surface area contributed by atoms with Gasteiger partial charge in [0.25, 0.3) is 0 Å². The first-order valence-corrected chi connectivity index (χ1v) is 16.9. The van der Waals surface area contributed by atoms with E-state index in [2.05, 4.69) is 13.8 Å². The lowest BCUT2D eigenvalue weighted by atomic mass is 9.75.